The molecule has 1 rings (SSSR count). The summed E-state index contributed by atoms with van der Waals surface area (Å²) in [4.78, 5) is 13.1. The van der Waals surface area contributed by atoms with Gasteiger partial charge in [-0.2, -0.15) is 0 Å². The topological polar surface area (TPSA) is 41.6 Å². The van der Waals surface area contributed by atoms with Crippen molar-refractivity contribution in [2.24, 2.45) is 0 Å². The minimum Gasteiger partial charge on any atom is -0.383 e. The van der Waals surface area contributed by atoms with Crippen LogP contribution in [0, 0.1) is 0 Å². The standard InChI is InChI=1S/C8H16N2O2/c1-9-8(11)10(5-6-12-2)7-3-4-7/h7H,3-6H2,1-2H3,(H,9,11). The van der Waals surface area contributed by atoms with E-state index in [4.69, 9.17) is 4.74 Å². The molecule has 0 aromatic heterocycles. The fourth-order valence-electron chi connectivity index (χ4n) is 1.17. The Kier molecular flexibility index (Phi) is 3.34. The maximum Gasteiger partial charge on any atom is 0.317 e. The molecule has 0 unspecified atom stereocenters. The molecule has 0 aromatic rings. The Labute approximate surface area is 72.9 Å². The quantitative estimate of drug-likeness (QED) is 0.668. The first-order valence-electron chi connectivity index (χ1n) is 4.27. The zero-order valence-corrected chi connectivity index (χ0v) is 7.67. The molecule has 70 valence electrons. The van der Waals surface area contributed by atoms with E-state index in [1.54, 1.807) is 14.2 Å². The second kappa shape index (κ2) is 4.30. The lowest BCUT2D eigenvalue weighted by atomic mass is 10.5. The van der Waals surface area contributed by atoms with E-state index >= 15 is 0 Å². The molecule has 0 spiro atoms. The maximum atomic E-state index is 11.3. The van der Waals surface area contributed by atoms with E-state index in [-0.39, 0.29) is 6.03 Å². The highest BCUT2D eigenvalue weighted by Gasteiger charge is 2.31. The van der Waals surface area contributed by atoms with Crippen molar-refractivity contribution in [3.63, 3.8) is 0 Å². The van der Waals surface area contributed by atoms with Gasteiger partial charge in [-0.1, -0.05) is 0 Å². The average molecular weight is 172 g/mol. The zero-order valence-electron chi connectivity index (χ0n) is 7.67. The largest absolute Gasteiger partial charge is 0.383 e. The highest BCUT2D eigenvalue weighted by molar-refractivity contribution is 5.74. The number of nitrogens with one attached hydrogen (secondary N) is 1. The van der Waals surface area contributed by atoms with Crippen LogP contribution in [0.3, 0.4) is 0 Å². The van der Waals surface area contributed by atoms with Crippen LogP contribution in [0.25, 0.3) is 0 Å². The van der Waals surface area contributed by atoms with E-state index in [2.05, 4.69) is 5.32 Å². The number of carbonyl (C=O) groups excluding carboxylic acids is 1. The van der Waals surface area contributed by atoms with E-state index in [1.807, 2.05) is 4.90 Å². The normalized spacial score (nSPS) is 15.8. The number of methoxy groups -OCH3 is 1. The summed E-state index contributed by atoms with van der Waals surface area (Å²) in [5.41, 5.74) is 0. The lowest BCUT2D eigenvalue weighted by molar-refractivity contribution is 0.147. The van der Waals surface area contributed by atoms with Gasteiger partial charge in [0.15, 0.2) is 0 Å². The number of ether oxygens (including phenoxy) is 1. The number of carbonyl (C=O) groups is 1. The third kappa shape index (κ3) is 2.37. The Balaban J connectivity index is 2.32. The van der Waals surface area contributed by atoms with Crippen LogP contribution < -0.4 is 5.32 Å². The lowest BCUT2D eigenvalue weighted by Crippen LogP contribution is -2.41. The molecule has 0 bridgehead atoms. The number of amides is 2. The number of hydrogen-bond donors (Lipinski definition) is 1. The fraction of sp³-hybridized carbons (Fsp3) is 0.875. The summed E-state index contributed by atoms with van der Waals surface area (Å²) in [6, 6.07) is 0.467. The first-order chi connectivity index (χ1) is 5.79. The van der Waals surface area contributed by atoms with Crippen molar-refractivity contribution in [1.82, 2.24) is 10.2 Å². The van der Waals surface area contributed by atoms with Crippen molar-refractivity contribution < 1.29 is 9.53 Å². The van der Waals surface area contributed by atoms with Gasteiger partial charge in [0, 0.05) is 26.7 Å². The third-order valence-corrected chi connectivity index (χ3v) is 2.00. The molecule has 1 fully saturated rings. The molecule has 1 N–H and O–H groups in total. The molecule has 1 aliphatic carbocycles. The first kappa shape index (κ1) is 9.32. The van der Waals surface area contributed by atoms with Crippen LogP contribution in [-0.4, -0.2) is 44.3 Å². The summed E-state index contributed by atoms with van der Waals surface area (Å²) >= 11 is 0. The number of hydrogen-bond acceptors (Lipinski definition) is 2. The number of nitrogens with zero attached hydrogens (tertiary/aromatic N) is 1. The molecular weight excluding hydrogens is 156 g/mol. The van der Waals surface area contributed by atoms with E-state index in [0.29, 0.717) is 19.2 Å². The van der Waals surface area contributed by atoms with Gasteiger partial charge in [-0.3, -0.25) is 0 Å². The fourth-order valence-corrected chi connectivity index (χ4v) is 1.17. The van der Waals surface area contributed by atoms with Gasteiger partial charge >= 0.3 is 6.03 Å². The van der Waals surface area contributed by atoms with E-state index in [1.165, 1.54) is 0 Å². The van der Waals surface area contributed by atoms with Crippen molar-refractivity contribution in [2.45, 2.75) is 18.9 Å². The SMILES string of the molecule is CNC(=O)N(CCOC)C1CC1. The summed E-state index contributed by atoms with van der Waals surface area (Å²) in [7, 11) is 3.31. The molecule has 1 aliphatic rings. The minimum absolute atomic E-state index is 0.00884. The Morgan fingerprint density at radius 1 is 1.67 bits per heavy atom. The van der Waals surface area contributed by atoms with Gasteiger partial charge in [0.2, 0.25) is 0 Å². The monoisotopic (exact) mass is 172 g/mol. The molecule has 1 saturated carbocycles. The van der Waals surface area contributed by atoms with E-state index < -0.39 is 0 Å². The van der Waals surface area contributed by atoms with E-state index in [0.717, 1.165) is 12.8 Å². The van der Waals surface area contributed by atoms with Gasteiger partial charge in [0.1, 0.15) is 0 Å². The molecule has 4 nitrogen and oxygen atoms in total. The Hall–Kier alpha value is -0.770. The highest BCUT2D eigenvalue weighted by atomic mass is 16.5. The molecule has 0 saturated heterocycles. The van der Waals surface area contributed by atoms with Crippen LogP contribution in [0.1, 0.15) is 12.8 Å². The Morgan fingerprint density at radius 3 is 2.75 bits per heavy atom. The van der Waals surface area contributed by atoms with Crippen LogP contribution in [-0.2, 0) is 4.74 Å². The predicted octanol–water partition coefficient (Wildman–Crippen LogP) is 0.437. The first-order valence-corrected chi connectivity index (χ1v) is 4.27. The van der Waals surface area contributed by atoms with Crippen LogP contribution in [0.15, 0.2) is 0 Å². The van der Waals surface area contributed by atoms with Crippen LogP contribution in [0.4, 0.5) is 4.79 Å². The van der Waals surface area contributed by atoms with Gasteiger partial charge in [-0.05, 0) is 12.8 Å². The lowest BCUT2D eigenvalue weighted by Gasteiger charge is -2.20. The second-order valence-corrected chi connectivity index (χ2v) is 2.97. The molecule has 4 heteroatoms. The molecule has 0 heterocycles. The molecule has 0 atom stereocenters. The molecular formula is C8H16N2O2. The Morgan fingerprint density at radius 2 is 2.33 bits per heavy atom. The van der Waals surface area contributed by atoms with Crippen molar-refractivity contribution >= 4 is 6.03 Å². The maximum absolute atomic E-state index is 11.3. The summed E-state index contributed by atoms with van der Waals surface area (Å²) in [5.74, 6) is 0. The van der Waals surface area contributed by atoms with Gasteiger partial charge in [0.25, 0.3) is 0 Å². The summed E-state index contributed by atoms with van der Waals surface area (Å²) in [6.45, 7) is 1.31. The van der Waals surface area contributed by atoms with Crippen molar-refractivity contribution in [3.05, 3.63) is 0 Å². The van der Waals surface area contributed by atoms with Crippen LogP contribution in [0.2, 0.25) is 0 Å². The zero-order chi connectivity index (χ0) is 8.97. The summed E-state index contributed by atoms with van der Waals surface area (Å²) in [6.07, 6.45) is 2.27. The molecule has 2 amide bonds. The summed E-state index contributed by atoms with van der Waals surface area (Å²) < 4.78 is 4.92. The number of urea groups is 1. The average Bonchev–Trinajstić information content (AvgIpc) is 2.88. The van der Waals surface area contributed by atoms with Gasteiger partial charge in [-0.15, -0.1) is 0 Å². The second-order valence-electron chi connectivity index (χ2n) is 2.97. The van der Waals surface area contributed by atoms with Crippen molar-refractivity contribution in [1.29, 1.82) is 0 Å². The smallest absolute Gasteiger partial charge is 0.317 e. The molecule has 12 heavy (non-hydrogen) atoms. The summed E-state index contributed by atoms with van der Waals surface area (Å²) in [5, 5.41) is 2.63. The number of rotatable bonds is 4. The molecule has 0 aliphatic heterocycles. The predicted molar refractivity (Wildman–Crippen MR) is 46.1 cm³/mol. The highest BCUT2D eigenvalue weighted by Crippen LogP contribution is 2.26. The third-order valence-electron chi connectivity index (χ3n) is 2.00. The van der Waals surface area contributed by atoms with Gasteiger partial charge in [0.05, 0.1) is 6.61 Å². The van der Waals surface area contributed by atoms with Crippen molar-refractivity contribution in [3.8, 4) is 0 Å². The van der Waals surface area contributed by atoms with Crippen LogP contribution in [0.5, 0.6) is 0 Å². The Bertz CT molecular complexity index is 157. The van der Waals surface area contributed by atoms with Crippen molar-refractivity contribution in [2.75, 3.05) is 27.3 Å². The minimum atomic E-state index is 0.00884. The molecule has 0 aromatic carbocycles. The van der Waals surface area contributed by atoms with E-state index in [9.17, 15) is 4.79 Å². The van der Waals surface area contributed by atoms with Gasteiger partial charge < -0.3 is 15.0 Å². The van der Waals surface area contributed by atoms with Crippen LogP contribution >= 0.6 is 0 Å². The molecule has 0 radical (unpaired) electrons. The van der Waals surface area contributed by atoms with Gasteiger partial charge in [-0.25, -0.2) is 4.79 Å².